The molecule has 0 heterocycles. The molecule has 0 fully saturated rings. The fourth-order valence-electron chi connectivity index (χ4n) is 2.99. The number of phenolic OH excluding ortho intramolecular Hbond substituents is 2. The minimum absolute atomic E-state index is 0.0495. The van der Waals surface area contributed by atoms with E-state index in [0.717, 1.165) is 15.2 Å². The van der Waals surface area contributed by atoms with Crippen LogP contribution in [-0.4, -0.2) is 16.1 Å². The molecule has 30 heavy (non-hydrogen) atoms. The Morgan fingerprint density at radius 2 is 1.70 bits per heavy atom. The molecule has 0 aliphatic heterocycles. The number of hydrogen-bond acceptors (Lipinski definition) is 4. The number of carbonyl (C=O) groups excluding carboxylic acids is 1. The van der Waals surface area contributed by atoms with Gasteiger partial charge in [-0.3, -0.25) is 4.79 Å². The molecular formula is C23H15BrClNO4. The van der Waals surface area contributed by atoms with Crippen molar-refractivity contribution in [2.24, 2.45) is 0 Å². The van der Waals surface area contributed by atoms with Gasteiger partial charge < -0.3 is 20.3 Å². The number of benzene rings is 4. The van der Waals surface area contributed by atoms with Gasteiger partial charge in [0, 0.05) is 5.69 Å². The average Bonchev–Trinajstić information content (AvgIpc) is 2.74. The fourth-order valence-corrected chi connectivity index (χ4v) is 3.78. The summed E-state index contributed by atoms with van der Waals surface area (Å²) in [5, 5.41) is 24.4. The topological polar surface area (TPSA) is 78.8 Å². The van der Waals surface area contributed by atoms with Gasteiger partial charge in [-0.15, -0.1) is 0 Å². The maximum absolute atomic E-state index is 12.4. The molecule has 4 aromatic carbocycles. The van der Waals surface area contributed by atoms with Crippen molar-refractivity contribution in [3.05, 3.63) is 87.9 Å². The third-order valence-electron chi connectivity index (χ3n) is 4.50. The van der Waals surface area contributed by atoms with E-state index >= 15 is 0 Å². The van der Waals surface area contributed by atoms with Gasteiger partial charge in [-0.25, -0.2) is 0 Å². The number of para-hydroxylation sites is 1. The van der Waals surface area contributed by atoms with Gasteiger partial charge in [-0.2, -0.15) is 0 Å². The highest BCUT2D eigenvalue weighted by Gasteiger charge is 2.15. The standard InChI is InChI=1S/C23H15BrClNO4/c24-21-15-5-2-1-4-13(15)8-10-20(21)30-19-11-9-14(12-17(19)25)26-23(29)16-6-3-7-18(27)22(16)28/h1-12,27-28H,(H,26,29). The van der Waals surface area contributed by atoms with Crippen LogP contribution in [0.4, 0.5) is 5.69 Å². The molecule has 0 radical (unpaired) electrons. The molecule has 1 amide bonds. The minimum Gasteiger partial charge on any atom is -0.504 e. The summed E-state index contributed by atoms with van der Waals surface area (Å²) in [6.07, 6.45) is 0. The van der Waals surface area contributed by atoms with Crippen LogP contribution >= 0.6 is 27.5 Å². The summed E-state index contributed by atoms with van der Waals surface area (Å²) in [6.45, 7) is 0. The summed E-state index contributed by atoms with van der Waals surface area (Å²) >= 11 is 9.94. The molecular weight excluding hydrogens is 470 g/mol. The number of aromatic hydroxyl groups is 2. The van der Waals surface area contributed by atoms with E-state index in [1.54, 1.807) is 18.2 Å². The molecule has 7 heteroatoms. The number of halogens is 2. The Morgan fingerprint density at radius 3 is 2.50 bits per heavy atom. The fraction of sp³-hybridized carbons (Fsp3) is 0. The number of hydrogen-bond donors (Lipinski definition) is 3. The highest BCUT2D eigenvalue weighted by atomic mass is 79.9. The van der Waals surface area contributed by atoms with Crippen molar-refractivity contribution < 1.29 is 19.7 Å². The van der Waals surface area contributed by atoms with Crippen LogP contribution in [0.3, 0.4) is 0 Å². The third-order valence-corrected chi connectivity index (χ3v) is 5.61. The number of rotatable bonds is 4. The van der Waals surface area contributed by atoms with Crippen LogP contribution in [0.1, 0.15) is 10.4 Å². The molecule has 5 nitrogen and oxygen atoms in total. The van der Waals surface area contributed by atoms with E-state index in [-0.39, 0.29) is 11.3 Å². The van der Waals surface area contributed by atoms with Crippen LogP contribution in [0.25, 0.3) is 10.8 Å². The molecule has 0 aromatic heterocycles. The summed E-state index contributed by atoms with van der Waals surface area (Å²) < 4.78 is 6.78. The Bertz CT molecular complexity index is 1280. The van der Waals surface area contributed by atoms with Crippen LogP contribution in [-0.2, 0) is 0 Å². The number of fused-ring (bicyclic) bond motifs is 1. The zero-order valence-electron chi connectivity index (χ0n) is 15.4. The zero-order chi connectivity index (χ0) is 21.3. The molecule has 0 aliphatic rings. The smallest absolute Gasteiger partial charge is 0.259 e. The van der Waals surface area contributed by atoms with Crippen molar-refractivity contribution in [2.45, 2.75) is 0 Å². The van der Waals surface area contributed by atoms with Gasteiger partial charge >= 0.3 is 0 Å². The van der Waals surface area contributed by atoms with Gasteiger partial charge in [0.2, 0.25) is 0 Å². The summed E-state index contributed by atoms with van der Waals surface area (Å²) in [7, 11) is 0. The maximum Gasteiger partial charge on any atom is 0.259 e. The van der Waals surface area contributed by atoms with E-state index in [9.17, 15) is 15.0 Å². The minimum atomic E-state index is -0.578. The van der Waals surface area contributed by atoms with Gasteiger partial charge in [0.25, 0.3) is 5.91 Å². The monoisotopic (exact) mass is 483 g/mol. The number of ether oxygens (including phenoxy) is 1. The quantitative estimate of drug-likeness (QED) is 0.281. The molecule has 0 saturated carbocycles. The first kappa shape index (κ1) is 20.1. The number of amides is 1. The highest BCUT2D eigenvalue weighted by Crippen LogP contribution is 2.38. The highest BCUT2D eigenvalue weighted by molar-refractivity contribution is 9.10. The molecule has 0 spiro atoms. The molecule has 4 aromatic rings. The lowest BCUT2D eigenvalue weighted by molar-refractivity contribution is 0.102. The van der Waals surface area contributed by atoms with Gasteiger partial charge in [0.15, 0.2) is 11.5 Å². The zero-order valence-corrected chi connectivity index (χ0v) is 17.7. The number of phenols is 2. The lowest BCUT2D eigenvalue weighted by Gasteiger charge is -2.13. The van der Waals surface area contributed by atoms with Crippen molar-refractivity contribution in [3.8, 4) is 23.0 Å². The normalized spacial score (nSPS) is 10.7. The Balaban J connectivity index is 1.56. The van der Waals surface area contributed by atoms with Gasteiger partial charge in [0.1, 0.15) is 11.5 Å². The van der Waals surface area contributed by atoms with E-state index in [1.807, 2.05) is 36.4 Å². The van der Waals surface area contributed by atoms with E-state index < -0.39 is 11.7 Å². The second-order valence-electron chi connectivity index (χ2n) is 6.47. The van der Waals surface area contributed by atoms with Crippen molar-refractivity contribution in [1.82, 2.24) is 0 Å². The van der Waals surface area contributed by atoms with Crippen LogP contribution in [0.15, 0.2) is 77.3 Å². The van der Waals surface area contributed by atoms with Crippen molar-refractivity contribution >= 4 is 49.9 Å². The molecule has 0 saturated heterocycles. The van der Waals surface area contributed by atoms with Crippen LogP contribution in [0.5, 0.6) is 23.0 Å². The van der Waals surface area contributed by atoms with Gasteiger partial charge in [-0.1, -0.05) is 48.0 Å². The second kappa shape index (κ2) is 8.26. The van der Waals surface area contributed by atoms with Crippen molar-refractivity contribution in [2.75, 3.05) is 5.32 Å². The van der Waals surface area contributed by atoms with Gasteiger partial charge in [-0.05, 0) is 63.1 Å². The third kappa shape index (κ3) is 3.92. The Hall–Kier alpha value is -3.22. The van der Waals surface area contributed by atoms with E-state index in [2.05, 4.69) is 21.2 Å². The summed E-state index contributed by atoms with van der Waals surface area (Å²) in [5.74, 6) is -0.402. The molecule has 3 N–H and O–H groups in total. The van der Waals surface area contributed by atoms with E-state index in [4.69, 9.17) is 16.3 Å². The Morgan fingerprint density at radius 1 is 0.933 bits per heavy atom. The van der Waals surface area contributed by atoms with Crippen LogP contribution in [0, 0.1) is 0 Å². The molecule has 0 bridgehead atoms. The number of carbonyl (C=O) groups is 1. The maximum atomic E-state index is 12.4. The summed E-state index contributed by atoms with van der Waals surface area (Å²) in [6, 6.07) is 20.7. The lowest BCUT2D eigenvalue weighted by atomic mass is 10.1. The number of nitrogens with one attached hydrogen (secondary N) is 1. The molecule has 4 rings (SSSR count). The number of anilines is 1. The first-order chi connectivity index (χ1) is 14.4. The second-order valence-corrected chi connectivity index (χ2v) is 7.67. The molecule has 0 unspecified atom stereocenters. The molecule has 0 aliphatic carbocycles. The molecule has 0 atom stereocenters. The summed E-state index contributed by atoms with van der Waals surface area (Å²) in [4.78, 5) is 12.4. The van der Waals surface area contributed by atoms with Crippen LogP contribution in [0.2, 0.25) is 5.02 Å². The SMILES string of the molecule is O=C(Nc1ccc(Oc2ccc3ccccc3c2Br)c(Cl)c1)c1cccc(O)c1O. The van der Waals surface area contributed by atoms with E-state index in [1.165, 1.54) is 18.2 Å². The van der Waals surface area contributed by atoms with Crippen molar-refractivity contribution in [1.29, 1.82) is 0 Å². The largest absolute Gasteiger partial charge is 0.504 e. The average molecular weight is 485 g/mol. The predicted octanol–water partition coefficient (Wildman–Crippen LogP) is 6.71. The van der Waals surface area contributed by atoms with Gasteiger partial charge in [0.05, 0.1) is 15.1 Å². The Kier molecular flexibility index (Phi) is 5.53. The van der Waals surface area contributed by atoms with E-state index in [0.29, 0.717) is 22.2 Å². The van der Waals surface area contributed by atoms with Crippen molar-refractivity contribution in [3.63, 3.8) is 0 Å². The molecule has 150 valence electrons. The van der Waals surface area contributed by atoms with Crippen LogP contribution < -0.4 is 10.1 Å². The Labute approximate surface area is 185 Å². The predicted molar refractivity (Wildman–Crippen MR) is 121 cm³/mol. The lowest BCUT2D eigenvalue weighted by Crippen LogP contribution is -2.12. The summed E-state index contributed by atoms with van der Waals surface area (Å²) in [5.41, 5.74) is 0.365. The first-order valence-electron chi connectivity index (χ1n) is 8.91. The first-order valence-corrected chi connectivity index (χ1v) is 10.1.